The summed E-state index contributed by atoms with van der Waals surface area (Å²) in [5.41, 5.74) is 7.54. The van der Waals surface area contributed by atoms with Crippen LogP contribution in [-0.4, -0.2) is 19.6 Å². The third-order valence-electron chi connectivity index (χ3n) is 3.81. The Labute approximate surface area is 119 Å². The Balaban J connectivity index is 2.26. The molecular weight excluding hydrogens is 252 g/mol. The van der Waals surface area contributed by atoms with Crippen molar-refractivity contribution in [2.75, 3.05) is 0 Å². The molecule has 2 aromatic heterocycles. The van der Waals surface area contributed by atoms with Gasteiger partial charge in [-0.1, -0.05) is 6.92 Å². The number of nitrogens with two attached hydrogens (primary N) is 1. The highest BCUT2D eigenvalue weighted by Gasteiger charge is 2.19. The highest BCUT2D eigenvalue weighted by molar-refractivity contribution is 5.27. The highest BCUT2D eigenvalue weighted by atomic mass is 15.3. The van der Waals surface area contributed by atoms with E-state index in [1.54, 1.807) is 0 Å². The maximum absolute atomic E-state index is 5.77. The van der Waals surface area contributed by atoms with Crippen LogP contribution in [0.4, 0.5) is 0 Å². The third-order valence-corrected chi connectivity index (χ3v) is 3.81. The number of hydrazine groups is 1. The van der Waals surface area contributed by atoms with Crippen molar-refractivity contribution in [2.45, 2.75) is 46.2 Å². The SMILES string of the molecule is CCCn1nccc1C(Cc1c(C)nn(C)c1C)NN. The largest absolute Gasteiger partial charge is 0.272 e. The van der Waals surface area contributed by atoms with E-state index in [1.165, 1.54) is 11.3 Å². The van der Waals surface area contributed by atoms with Crippen LogP contribution in [-0.2, 0) is 20.0 Å². The van der Waals surface area contributed by atoms with E-state index in [2.05, 4.69) is 29.5 Å². The van der Waals surface area contributed by atoms with Gasteiger partial charge < -0.3 is 0 Å². The molecule has 0 saturated carbocycles. The average molecular weight is 276 g/mol. The zero-order valence-corrected chi connectivity index (χ0v) is 12.7. The van der Waals surface area contributed by atoms with Crippen LogP contribution in [0.2, 0.25) is 0 Å². The minimum absolute atomic E-state index is 0.0469. The quantitative estimate of drug-likeness (QED) is 0.617. The topological polar surface area (TPSA) is 73.7 Å². The Morgan fingerprint density at radius 2 is 2.15 bits per heavy atom. The van der Waals surface area contributed by atoms with E-state index in [4.69, 9.17) is 5.84 Å². The summed E-state index contributed by atoms with van der Waals surface area (Å²) < 4.78 is 3.94. The number of rotatable bonds is 6. The van der Waals surface area contributed by atoms with Crippen LogP contribution >= 0.6 is 0 Å². The predicted molar refractivity (Wildman–Crippen MR) is 79.0 cm³/mol. The Kier molecular flexibility index (Phi) is 4.57. The van der Waals surface area contributed by atoms with Crippen molar-refractivity contribution in [1.29, 1.82) is 0 Å². The van der Waals surface area contributed by atoms with Gasteiger partial charge in [0.15, 0.2) is 0 Å². The highest BCUT2D eigenvalue weighted by Crippen LogP contribution is 2.22. The molecule has 0 aliphatic carbocycles. The molecule has 0 saturated heterocycles. The zero-order valence-electron chi connectivity index (χ0n) is 12.7. The van der Waals surface area contributed by atoms with E-state index in [0.29, 0.717) is 0 Å². The summed E-state index contributed by atoms with van der Waals surface area (Å²) in [5, 5.41) is 8.83. The number of aryl methyl sites for hydroxylation is 3. The molecule has 1 unspecified atom stereocenters. The first kappa shape index (κ1) is 14.7. The van der Waals surface area contributed by atoms with E-state index in [-0.39, 0.29) is 6.04 Å². The third kappa shape index (κ3) is 2.76. The van der Waals surface area contributed by atoms with Gasteiger partial charge in [0, 0.05) is 25.5 Å². The second kappa shape index (κ2) is 6.19. The minimum Gasteiger partial charge on any atom is -0.272 e. The molecular formula is C14H24N6. The molecule has 0 aliphatic heterocycles. The molecule has 3 N–H and O–H groups in total. The van der Waals surface area contributed by atoms with Gasteiger partial charge in [0.1, 0.15) is 0 Å². The summed E-state index contributed by atoms with van der Waals surface area (Å²) in [7, 11) is 1.97. The van der Waals surface area contributed by atoms with Crippen molar-refractivity contribution in [1.82, 2.24) is 25.0 Å². The Morgan fingerprint density at radius 1 is 1.40 bits per heavy atom. The van der Waals surface area contributed by atoms with Crippen LogP contribution in [0.25, 0.3) is 0 Å². The van der Waals surface area contributed by atoms with Crippen molar-refractivity contribution in [2.24, 2.45) is 12.9 Å². The van der Waals surface area contributed by atoms with Gasteiger partial charge in [-0.25, -0.2) is 0 Å². The Morgan fingerprint density at radius 3 is 2.70 bits per heavy atom. The van der Waals surface area contributed by atoms with Gasteiger partial charge in [0.05, 0.1) is 17.4 Å². The van der Waals surface area contributed by atoms with Gasteiger partial charge in [-0.2, -0.15) is 10.2 Å². The van der Waals surface area contributed by atoms with Crippen LogP contribution in [0.5, 0.6) is 0 Å². The fourth-order valence-corrected chi connectivity index (χ4v) is 2.60. The van der Waals surface area contributed by atoms with Gasteiger partial charge in [0.25, 0.3) is 0 Å². The second-order valence-corrected chi connectivity index (χ2v) is 5.18. The summed E-state index contributed by atoms with van der Waals surface area (Å²) in [6.07, 6.45) is 3.70. The van der Waals surface area contributed by atoms with Crippen LogP contribution in [0.3, 0.4) is 0 Å². The van der Waals surface area contributed by atoms with E-state index < -0.39 is 0 Å². The molecule has 6 nitrogen and oxygen atoms in total. The molecule has 1 atom stereocenters. The fraction of sp³-hybridized carbons (Fsp3) is 0.571. The van der Waals surface area contributed by atoms with Gasteiger partial charge in [0.2, 0.25) is 0 Å². The van der Waals surface area contributed by atoms with Crippen LogP contribution in [0.1, 0.15) is 42.0 Å². The number of nitrogens with zero attached hydrogens (tertiary/aromatic N) is 4. The van der Waals surface area contributed by atoms with Crippen molar-refractivity contribution < 1.29 is 0 Å². The predicted octanol–water partition coefficient (Wildman–Crippen LogP) is 1.39. The first-order chi connectivity index (χ1) is 9.58. The average Bonchev–Trinajstić information content (AvgIpc) is 2.96. The summed E-state index contributed by atoms with van der Waals surface area (Å²) >= 11 is 0. The van der Waals surface area contributed by atoms with E-state index >= 15 is 0 Å². The molecule has 2 rings (SSSR count). The normalized spacial score (nSPS) is 12.8. The summed E-state index contributed by atoms with van der Waals surface area (Å²) in [5.74, 6) is 5.77. The standard InChI is InChI=1S/C14H24N6/c1-5-8-20-14(6-7-16-20)13(17-15)9-12-10(2)18-19(4)11(12)3/h6-7,13,17H,5,8-9,15H2,1-4H3. The maximum Gasteiger partial charge on any atom is 0.0670 e. The molecule has 6 heteroatoms. The summed E-state index contributed by atoms with van der Waals surface area (Å²) in [6, 6.07) is 2.08. The van der Waals surface area contributed by atoms with Crippen molar-refractivity contribution in [3.05, 3.63) is 34.9 Å². The van der Waals surface area contributed by atoms with Crippen molar-refractivity contribution in [3.63, 3.8) is 0 Å². The summed E-state index contributed by atoms with van der Waals surface area (Å²) in [4.78, 5) is 0. The lowest BCUT2D eigenvalue weighted by Crippen LogP contribution is -2.31. The van der Waals surface area contributed by atoms with Crippen LogP contribution < -0.4 is 11.3 Å². The van der Waals surface area contributed by atoms with Crippen molar-refractivity contribution >= 4 is 0 Å². The Bertz CT molecular complexity index is 568. The minimum atomic E-state index is 0.0469. The molecule has 0 radical (unpaired) electrons. The molecule has 0 aliphatic rings. The number of aromatic nitrogens is 4. The first-order valence-electron chi connectivity index (χ1n) is 7.05. The maximum atomic E-state index is 5.77. The van der Waals surface area contributed by atoms with E-state index in [9.17, 15) is 0 Å². The molecule has 2 heterocycles. The van der Waals surface area contributed by atoms with Gasteiger partial charge in [-0.3, -0.25) is 20.6 Å². The molecule has 0 bridgehead atoms. The van der Waals surface area contributed by atoms with E-state index in [0.717, 1.165) is 30.8 Å². The number of hydrogen-bond acceptors (Lipinski definition) is 4. The zero-order chi connectivity index (χ0) is 14.7. The second-order valence-electron chi connectivity index (χ2n) is 5.18. The van der Waals surface area contributed by atoms with Gasteiger partial charge >= 0.3 is 0 Å². The molecule has 0 aromatic carbocycles. The van der Waals surface area contributed by atoms with Crippen molar-refractivity contribution in [3.8, 4) is 0 Å². The Hall–Kier alpha value is -1.66. The lowest BCUT2D eigenvalue weighted by Gasteiger charge is -2.18. The lowest BCUT2D eigenvalue weighted by molar-refractivity contribution is 0.477. The number of hydrogen-bond donors (Lipinski definition) is 2. The monoisotopic (exact) mass is 276 g/mol. The van der Waals surface area contributed by atoms with Crippen LogP contribution in [0.15, 0.2) is 12.3 Å². The molecule has 0 spiro atoms. The first-order valence-corrected chi connectivity index (χ1v) is 7.05. The lowest BCUT2D eigenvalue weighted by atomic mass is 10.0. The van der Waals surface area contributed by atoms with Crippen LogP contribution in [0, 0.1) is 13.8 Å². The molecule has 0 amide bonds. The molecule has 20 heavy (non-hydrogen) atoms. The van der Waals surface area contributed by atoms with Gasteiger partial charge in [-0.15, -0.1) is 0 Å². The van der Waals surface area contributed by atoms with E-state index in [1.807, 2.05) is 35.6 Å². The van der Waals surface area contributed by atoms with Gasteiger partial charge in [-0.05, 0) is 38.3 Å². The summed E-state index contributed by atoms with van der Waals surface area (Å²) in [6.45, 7) is 7.18. The fourth-order valence-electron chi connectivity index (χ4n) is 2.60. The molecule has 2 aromatic rings. The smallest absolute Gasteiger partial charge is 0.0670 e. The molecule has 110 valence electrons. The number of nitrogens with one attached hydrogen (secondary N) is 1. The molecule has 0 fully saturated rings.